The maximum absolute atomic E-state index is 12.9. The van der Waals surface area contributed by atoms with Crippen molar-refractivity contribution in [1.82, 2.24) is 10.2 Å². The van der Waals surface area contributed by atoms with Gasteiger partial charge in [-0.05, 0) is 55.5 Å². The molecular formula is C21H19FN2O5. The second-order valence-electron chi connectivity index (χ2n) is 6.24. The first-order chi connectivity index (χ1) is 14.0. The second-order valence-corrected chi connectivity index (χ2v) is 6.24. The average molecular weight is 398 g/mol. The first-order valence-electron chi connectivity index (χ1n) is 8.92. The lowest BCUT2D eigenvalue weighted by molar-refractivity contribution is -0.149. The number of esters is 1. The van der Waals surface area contributed by atoms with Crippen LogP contribution in [0.3, 0.4) is 0 Å². The van der Waals surface area contributed by atoms with Crippen molar-refractivity contribution >= 4 is 11.8 Å². The van der Waals surface area contributed by atoms with Gasteiger partial charge in [0.05, 0.1) is 13.5 Å². The molecule has 3 rings (SSSR count). The monoisotopic (exact) mass is 398 g/mol. The van der Waals surface area contributed by atoms with Crippen LogP contribution in [0.5, 0.6) is 5.75 Å². The number of ketones is 1. The number of rotatable bonds is 8. The van der Waals surface area contributed by atoms with Gasteiger partial charge in [0.15, 0.2) is 11.9 Å². The smallest absolute Gasteiger partial charge is 0.307 e. The van der Waals surface area contributed by atoms with E-state index < -0.39 is 17.9 Å². The van der Waals surface area contributed by atoms with Crippen molar-refractivity contribution in [2.45, 2.75) is 25.9 Å². The predicted octanol–water partition coefficient (Wildman–Crippen LogP) is 4.15. The van der Waals surface area contributed by atoms with Gasteiger partial charge in [-0.2, -0.15) is 0 Å². The van der Waals surface area contributed by atoms with Gasteiger partial charge in [-0.15, -0.1) is 10.2 Å². The molecule has 0 fully saturated rings. The number of nitrogens with zero attached hydrogens (tertiary/aromatic N) is 2. The minimum atomic E-state index is -0.761. The molecule has 0 N–H and O–H groups in total. The Balaban J connectivity index is 1.53. The Morgan fingerprint density at radius 3 is 2.38 bits per heavy atom. The van der Waals surface area contributed by atoms with Gasteiger partial charge < -0.3 is 13.9 Å². The Hall–Kier alpha value is -3.55. The van der Waals surface area contributed by atoms with Crippen LogP contribution in [0.15, 0.2) is 52.9 Å². The normalized spacial score (nSPS) is 11.7. The van der Waals surface area contributed by atoms with Crippen LogP contribution in [0.1, 0.15) is 42.1 Å². The van der Waals surface area contributed by atoms with E-state index >= 15 is 0 Å². The van der Waals surface area contributed by atoms with Crippen LogP contribution in [0.25, 0.3) is 11.5 Å². The molecule has 8 heteroatoms. The van der Waals surface area contributed by atoms with E-state index in [2.05, 4.69) is 10.2 Å². The van der Waals surface area contributed by atoms with Crippen molar-refractivity contribution in [2.24, 2.45) is 0 Å². The van der Waals surface area contributed by atoms with Crippen LogP contribution >= 0.6 is 0 Å². The van der Waals surface area contributed by atoms with Gasteiger partial charge in [-0.1, -0.05) is 0 Å². The van der Waals surface area contributed by atoms with Crippen LogP contribution in [-0.2, 0) is 9.53 Å². The van der Waals surface area contributed by atoms with E-state index in [0.29, 0.717) is 16.9 Å². The van der Waals surface area contributed by atoms with E-state index in [4.69, 9.17) is 13.9 Å². The third kappa shape index (κ3) is 5.25. The number of carbonyl (C=O) groups is 2. The number of halogens is 1. The van der Waals surface area contributed by atoms with Crippen molar-refractivity contribution < 1.29 is 27.9 Å². The quantitative estimate of drug-likeness (QED) is 0.416. The van der Waals surface area contributed by atoms with E-state index in [-0.39, 0.29) is 30.4 Å². The molecule has 0 aliphatic rings. The molecule has 2 aromatic carbocycles. The highest BCUT2D eigenvalue weighted by Crippen LogP contribution is 2.24. The molecule has 0 spiro atoms. The largest absolute Gasteiger partial charge is 0.497 e. The average Bonchev–Trinajstić information content (AvgIpc) is 3.23. The molecule has 0 bridgehead atoms. The second kappa shape index (κ2) is 9.09. The highest BCUT2D eigenvalue weighted by atomic mass is 19.1. The van der Waals surface area contributed by atoms with Gasteiger partial charge in [0.1, 0.15) is 11.6 Å². The van der Waals surface area contributed by atoms with Crippen LogP contribution in [0, 0.1) is 5.82 Å². The standard InChI is InChI=1S/C21H19FN2O5/c1-13(20-23-24-21(29-20)15-5-9-17(27-2)10-6-15)28-19(26)12-11-18(25)14-3-7-16(22)8-4-14/h3-10,13H,11-12H2,1-2H3/t13-/m0/s1. The predicted molar refractivity (Wildman–Crippen MR) is 101 cm³/mol. The number of ether oxygens (including phenoxy) is 2. The summed E-state index contributed by atoms with van der Waals surface area (Å²) in [6.07, 6.45) is -0.916. The molecule has 7 nitrogen and oxygen atoms in total. The zero-order valence-electron chi connectivity index (χ0n) is 15.9. The summed E-state index contributed by atoms with van der Waals surface area (Å²) >= 11 is 0. The van der Waals surface area contributed by atoms with Crippen LogP contribution in [0.4, 0.5) is 4.39 Å². The summed E-state index contributed by atoms with van der Waals surface area (Å²) in [6.45, 7) is 1.60. The van der Waals surface area contributed by atoms with E-state index in [1.165, 1.54) is 24.3 Å². The van der Waals surface area contributed by atoms with E-state index in [1.54, 1.807) is 38.3 Å². The molecule has 0 amide bonds. The fraction of sp³-hybridized carbons (Fsp3) is 0.238. The molecule has 1 aromatic heterocycles. The van der Waals surface area contributed by atoms with Gasteiger partial charge in [0.2, 0.25) is 5.89 Å². The van der Waals surface area contributed by atoms with Gasteiger partial charge >= 0.3 is 5.97 Å². The molecule has 29 heavy (non-hydrogen) atoms. The Kier molecular flexibility index (Phi) is 6.33. The van der Waals surface area contributed by atoms with Crippen molar-refractivity contribution in [3.8, 4) is 17.2 Å². The van der Waals surface area contributed by atoms with Gasteiger partial charge in [0, 0.05) is 17.5 Å². The SMILES string of the molecule is COc1ccc(-c2nnc([C@H](C)OC(=O)CCC(=O)c3ccc(F)cc3)o2)cc1. The van der Waals surface area contributed by atoms with Crippen molar-refractivity contribution in [3.63, 3.8) is 0 Å². The van der Waals surface area contributed by atoms with Gasteiger partial charge in [-0.3, -0.25) is 9.59 Å². The summed E-state index contributed by atoms with van der Waals surface area (Å²) in [6, 6.07) is 12.2. The van der Waals surface area contributed by atoms with Crippen LogP contribution in [-0.4, -0.2) is 29.1 Å². The zero-order chi connectivity index (χ0) is 20.8. The summed E-state index contributed by atoms with van der Waals surface area (Å²) in [5, 5.41) is 7.87. The molecule has 1 heterocycles. The third-order valence-corrected chi connectivity index (χ3v) is 4.16. The number of methoxy groups -OCH3 is 1. The van der Waals surface area contributed by atoms with E-state index in [9.17, 15) is 14.0 Å². The summed E-state index contributed by atoms with van der Waals surface area (Å²) in [5.74, 6) is -0.133. The van der Waals surface area contributed by atoms with Crippen molar-refractivity contribution in [2.75, 3.05) is 7.11 Å². The third-order valence-electron chi connectivity index (χ3n) is 4.16. The number of hydrogen-bond acceptors (Lipinski definition) is 7. The summed E-state index contributed by atoms with van der Waals surface area (Å²) in [4.78, 5) is 24.1. The van der Waals surface area contributed by atoms with Crippen molar-refractivity contribution in [3.05, 3.63) is 65.8 Å². The molecule has 0 radical (unpaired) electrons. The van der Waals surface area contributed by atoms with E-state index in [1.807, 2.05) is 0 Å². The molecule has 1 atom stereocenters. The molecule has 150 valence electrons. The number of carbonyl (C=O) groups excluding carboxylic acids is 2. The minimum absolute atomic E-state index is 0.0435. The topological polar surface area (TPSA) is 91.5 Å². The van der Waals surface area contributed by atoms with Crippen LogP contribution < -0.4 is 4.74 Å². The molecular weight excluding hydrogens is 379 g/mol. The Labute approximate surface area is 166 Å². The summed E-state index contributed by atoms with van der Waals surface area (Å²) in [5.41, 5.74) is 1.04. The molecule has 3 aromatic rings. The highest BCUT2D eigenvalue weighted by Gasteiger charge is 2.20. The fourth-order valence-electron chi connectivity index (χ4n) is 2.55. The maximum Gasteiger partial charge on any atom is 0.307 e. The van der Waals surface area contributed by atoms with Gasteiger partial charge in [-0.25, -0.2) is 4.39 Å². The Morgan fingerprint density at radius 2 is 1.72 bits per heavy atom. The van der Waals surface area contributed by atoms with Gasteiger partial charge in [0.25, 0.3) is 5.89 Å². The molecule has 0 saturated heterocycles. The van der Waals surface area contributed by atoms with E-state index in [0.717, 1.165) is 0 Å². The minimum Gasteiger partial charge on any atom is -0.497 e. The Bertz CT molecular complexity index is 983. The lowest BCUT2D eigenvalue weighted by Gasteiger charge is -2.09. The number of benzene rings is 2. The number of hydrogen-bond donors (Lipinski definition) is 0. The maximum atomic E-state index is 12.9. The molecule has 0 unspecified atom stereocenters. The zero-order valence-corrected chi connectivity index (χ0v) is 15.9. The number of Topliss-reactive ketones (excluding diaryl/α,β-unsaturated/α-hetero) is 1. The highest BCUT2D eigenvalue weighted by molar-refractivity contribution is 5.97. The molecule has 0 saturated carbocycles. The first-order valence-corrected chi connectivity index (χ1v) is 8.92. The fourth-order valence-corrected chi connectivity index (χ4v) is 2.55. The summed E-state index contributed by atoms with van der Waals surface area (Å²) in [7, 11) is 1.57. The Morgan fingerprint density at radius 1 is 1.03 bits per heavy atom. The molecule has 0 aliphatic heterocycles. The number of aromatic nitrogens is 2. The lowest BCUT2D eigenvalue weighted by atomic mass is 10.1. The summed E-state index contributed by atoms with van der Waals surface area (Å²) < 4.78 is 28.8. The van der Waals surface area contributed by atoms with Crippen molar-refractivity contribution in [1.29, 1.82) is 0 Å². The first kappa shape index (κ1) is 20.2. The van der Waals surface area contributed by atoms with Crippen LogP contribution in [0.2, 0.25) is 0 Å². The lowest BCUT2D eigenvalue weighted by Crippen LogP contribution is -2.11. The molecule has 0 aliphatic carbocycles.